The summed E-state index contributed by atoms with van der Waals surface area (Å²) in [5.74, 6) is 0.583. The first-order valence-corrected chi connectivity index (χ1v) is 13.5. The molecular weight excluding hydrogens is 538 g/mol. The Morgan fingerprint density at radius 2 is 1.86 bits per heavy atom. The van der Waals surface area contributed by atoms with Crippen molar-refractivity contribution in [3.05, 3.63) is 87.5 Å². The molecule has 0 radical (unpaired) electrons. The van der Waals surface area contributed by atoms with Gasteiger partial charge in [-0.05, 0) is 48.2 Å². The highest BCUT2D eigenvalue weighted by Gasteiger charge is 2.27. The number of nitrogens with zero attached hydrogens (tertiary/aromatic N) is 2. The second-order valence-corrected chi connectivity index (χ2v) is 10.9. The Balaban J connectivity index is 1.67. The van der Waals surface area contributed by atoms with E-state index in [4.69, 9.17) is 19.6 Å². The fraction of sp³-hybridized carbons (Fsp3) is 0.323. The van der Waals surface area contributed by atoms with Gasteiger partial charge in [0.1, 0.15) is 17.5 Å². The van der Waals surface area contributed by atoms with Gasteiger partial charge in [-0.3, -0.25) is 9.78 Å². The molecule has 0 aliphatic heterocycles. The highest BCUT2D eigenvalue weighted by molar-refractivity contribution is 5.88. The lowest BCUT2D eigenvalue weighted by Gasteiger charge is -2.24. The number of aryl methyl sites for hydroxylation is 1. The minimum atomic E-state index is -0.992. The zero-order chi connectivity index (χ0) is 30.4. The SMILES string of the molecule is COc1ccc(C[C@H](Nc2nc3cc(C(C)(C)C)c(OC(N)=O)c(C)c3c(=O)o2)C(=O)NCCc2ccccn2)cc1. The second-order valence-electron chi connectivity index (χ2n) is 10.9. The molecule has 42 heavy (non-hydrogen) atoms. The molecule has 2 aromatic heterocycles. The number of anilines is 1. The van der Waals surface area contributed by atoms with Crippen LogP contribution in [0, 0.1) is 6.92 Å². The molecule has 0 bridgehead atoms. The minimum absolute atomic E-state index is 0.117. The van der Waals surface area contributed by atoms with Crippen LogP contribution in [0.2, 0.25) is 0 Å². The highest BCUT2D eigenvalue weighted by atomic mass is 16.5. The minimum Gasteiger partial charge on any atom is -0.497 e. The lowest BCUT2D eigenvalue weighted by Crippen LogP contribution is -2.42. The topological polar surface area (TPSA) is 159 Å². The van der Waals surface area contributed by atoms with E-state index in [2.05, 4.69) is 20.6 Å². The second kappa shape index (κ2) is 12.7. The summed E-state index contributed by atoms with van der Waals surface area (Å²) in [6.07, 6.45) is 1.54. The van der Waals surface area contributed by atoms with Gasteiger partial charge in [-0.15, -0.1) is 0 Å². The number of ether oxygens (including phenoxy) is 2. The van der Waals surface area contributed by atoms with Crippen molar-refractivity contribution in [3.8, 4) is 11.5 Å². The molecular formula is C31H35N5O6. The van der Waals surface area contributed by atoms with E-state index in [0.29, 0.717) is 35.4 Å². The van der Waals surface area contributed by atoms with Crippen molar-refractivity contribution in [2.75, 3.05) is 19.0 Å². The van der Waals surface area contributed by atoms with Crippen LogP contribution in [0.3, 0.4) is 0 Å². The van der Waals surface area contributed by atoms with Gasteiger partial charge in [0.15, 0.2) is 0 Å². The summed E-state index contributed by atoms with van der Waals surface area (Å²) in [7, 11) is 1.58. The summed E-state index contributed by atoms with van der Waals surface area (Å²) < 4.78 is 16.1. The smallest absolute Gasteiger partial charge is 0.409 e. The molecule has 0 aliphatic carbocycles. The quantitative estimate of drug-likeness (QED) is 0.255. The first kappa shape index (κ1) is 30.0. The summed E-state index contributed by atoms with van der Waals surface area (Å²) >= 11 is 0. The molecule has 4 rings (SSSR count). The number of hydrogen-bond acceptors (Lipinski definition) is 9. The Labute approximate surface area is 243 Å². The molecule has 2 heterocycles. The number of methoxy groups -OCH3 is 1. The lowest BCUT2D eigenvalue weighted by molar-refractivity contribution is -0.121. The fourth-order valence-electron chi connectivity index (χ4n) is 4.59. The molecule has 0 unspecified atom stereocenters. The van der Waals surface area contributed by atoms with Gasteiger partial charge in [0.25, 0.3) is 6.01 Å². The number of pyridine rings is 1. The number of amides is 2. The fourth-order valence-corrected chi connectivity index (χ4v) is 4.59. The van der Waals surface area contributed by atoms with Gasteiger partial charge in [-0.2, -0.15) is 4.98 Å². The van der Waals surface area contributed by atoms with Crippen LogP contribution < -0.4 is 31.5 Å². The van der Waals surface area contributed by atoms with Crippen LogP contribution in [0.4, 0.5) is 10.8 Å². The van der Waals surface area contributed by atoms with E-state index in [0.717, 1.165) is 11.3 Å². The van der Waals surface area contributed by atoms with E-state index in [1.54, 1.807) is 26.3 Å². The molecule has 11 nitrogen and oxygen atoms in total. The zero-order valence-corrected chi connectivity index (χ0v) is 24.3. The number of rotatable bonds is 10. The van der Waals surface area contributed by atoms with Crippen LogP contribution in [0.1, 0.15) is 43.2 Å². The predicted octanol–water partition coefficient (Wildman–Crippen LogP) is 4.04. The number of fused-ring (bicyclic) bond motifs is 1. The number of nitrogens with one attached hydrogen (secondary N) is 2. The van der Waals surface area contributed by atoms with Gasteiger partial charge in [0.05, 0.1) is 18.0 Å². The summed E-state index contributed by atoms with van der Waals surface area (Å²) in [4.78, 5) is 47.0. The van der Waals surface area contributed by atoms with Crippen LogP contribution in [0.5, 0.6) is 11.5 Å². The van der Waals surface area contributed by atoms with E-state index in [1.807, 2.05) is 63.2 Å². The van der Waals surface area contributed by atoms with Crippen LogP contribution in [-0.2, 0) is 23.1 Å². The van der Waals surface area contributed by atoms with Gasteiger partial charge in [0, 0.05) is 42.4 Å². The first-order chi connectivity index (χ1) is 20.0. The van der Waals surface area contributed by atoms with E-state index < -0.39 is 23.2 Å². The van der Waals surface area contributed by atoms with Crippen LogP contribution in [0.25, 0.3) is 10.9 Å². The third-order valence-electron chi connectivity index (χ3n) is 6.74. The number of aromatic nitrogens is 2. The first-order valence-electron chi connectivity index (χ1n) is 13.5. The molecule has 0 saturated carbocycles. The van der Waals surface area contributed by atoms with Crippen LogP contribution >= 0.6 is 0 Å². The summed E-state index contributed by atoms with van der Waals surface area (Å²) in [6.45, 7) is 7.82. The van der Waals surface area contributed by atoms with Gasteiger partial charge in [0.2, 0.25) is 5.91 Å². The monoisotopic (exact) mass is 573 g/mol. The number of hydrogen-bond donors (Lipinski definition) is 3. The average Bonchev–Trinajstić information content (AvgIpc) is 2.94. The van der Waals surface area contributed by atoms with E-state index in [1.165, 1.54) is 0 Å². The third-order valence-corrected chi connectivity index (χ3v) is 6.74. The maximum atomic E-state index is 13.4. The van der Waals surface area contributed by atoms with Crippen molar-refractivity contribution in [2.24, 2.45) is 5.73 Å². The van der Waals surface area contributed by atoms with Crippen molar-refractivity contribution in [1.29, 1.82) is 0 Å². The Hall–Kier alpha value is -4.93. The molecule has 4 N–H and O–H groups in total. The molecule has 220 valence electrons. The predicted molar refractivity (Wildman–Crippen MR) is 159 cm³/mol. The summed E-state index contributed by atoms with van der Waals surface area (Å²) in [5.41, 5.74) is 7.18. The maximum absolute atomic E-state index is 13.4. The molecule has 0 spiro atoms. The van der Waals surface area contributed by atoms with E-state index in [-0.39, 0.29) is 29.5 Å². The van der Waals surface area contributed by atoms with Crippen molar-refractivity contribution in [3.63, 3.8) is 0 Å². The molecule has 0 aliphatic rings. The Morgan fingerprint density at radius 3 is 2.48 bits per heavy atom. The molecule has 11 heteroatoms. The van der Waals surface area contributed by atoms with Gasteiger partial charge in [-0.25, -0.2) is 9.59 Å². The average molecular weight is 574 g/mol. The molecule has 0 fully saturated rings. The van der Waals surface area contributed by atoms with Gasteiger partial charge in [-0.1, -0.05) is 39.0 Å². The Morgan fingerprint density at radius 1 is 1.12 bits per heavy atom. The Kier molecular flexibility index (Phi) is 9.09. The number of benzene rings is 2. The molecule has 4 aromatic rings. The summed E-state index contributed by atoms with van der Waals surface area (Å²) in [5, 5.41) is 6.11. The maximum Gasteiger partial charge on any atom is 0.409 e. The van der Waals surface area contributed by atoms with E-state index in [9.17, 15) is 14.4 Å². The number of nitrogens with two attached hydrogens (primary N) is 1. The zero-order valence-electron chi connectivity index (χ0n) is 24.3. The van der Waals surface area contributed by atoms with Crippen molar-refractivity contribution >= 4 is 28.9 Å². The van der Waals surface area contributed by atoms with Gasteiger partial charge >= 0.3 is 11.7 Å². The van der Waals surface area contributed by atoms with Crippen molar-refractivity contribution in [1.82, 2.24) is 15.3 Å². The number of primary amides is 1. The molecule has 2 aromatic carbocycles. The van der Waals surface area contributed by atoms with Crippen LogP contribution in [0.15, 0.2) is 63.9 Å². The molecule has 1 atom stereocenters. The third kappa shape index (κ3) is 7.22. The lowest BCUT2D eigenvalue weighted by atomic mass is 9.84. The molecule has 0 saturated heterocycles. The van der Waals surface area contributed by atoms with Crippen molar-refractivity contribution < 1.29 is 23.5 Å². The van der Waals surface area contributed by atoms with E-state index >= 15 is 0 Å². The van der Waals surface area contributed by atoms with Crippen molar-refractivity contribution in [2.45, 2.75) is 52.0 Å². The number of carbonyl (C=O) groups excluding carboxylic acids is 2. The standard InChI is InChI=1S/C31H35N5O6/c1-18-25-23(17-22(31(2,3)4)26(18)41-29(32)39)35-30(42-28(25)38)36-24(16-19-9-11-21(40-5)12-10-19)27(37)34-15-13-20-8-6-7-14-33-20/h6-12,14,17,24H,13,15-16H2,1-5H3,(H2,32,39)(H,34,37)(H,35,36)/t24-/m0/s1. The highest BCUT2D eigenvalue weighted by Crippen LogP contribution is 2.37. The summed E-state index contributed by atoms with van der Waals surface area (Å²) in [6, 6.07) is 13.7. The Bertz CT molecular complexity index is 1630. The van der Waals surface area contributed by atoms with Gasteiger partial charge < -0.3 is 30.3 Å². The normalized spacial score (nSPS) is 12.0. The molecule has 2 amide bonds. The largest absolute Gasteiger partial charge is 0.497 e. The number of carbonyl (C=O) groups is 2. The van der Waals surface area contributed by atoms with Crippen LogP contribution in [-0.4, -0.2) is 41.7 Å².